The van der Waals surface area contributed by atoms with Crippen molar-refractivity contribution in [2.75, 3.05) is 18.2 Å². The number of aryl methyl sites for hydroxylation is 1. The molecule has 21 heavy (non-hydrogen) atoms. The number of hydrogen-bond acceptors (Lipinski definition) is 4. The summed E-state index contributed by atoms with van der Waals surface area (Å²) in [5.41, 5.74) is 6.74. The lowest BCUT2D eigenvalue weighted by Gasteiger charge is -2.12. The zero-order valence-corrected chi connectivity index (χ0v) is 11.5. The first-order valence-corrected chi connectivity index (χ1v) is 6.13. The predicted molar refractivity (Wildman–Crippen MR) is 76.6 cm³/mol. The van der Waals surface area contributed by atoms with E-state index in [-0.39, 0.29) is 16.8 Å². The number of halogens is 2. The zero-order chi connectivity index (χ0) is 15.6. The molecule has 0 bridgehead atoms. The van der Waals surface area contributed by atoms with E-state index in [0.717, 1.165) is 12.1 Å². The zero-order valence-electron chi connectivity index (χ0n) is 11.5. The molecule has 0 unspecified atom stereocenters. The highest BCUT2D eigenvalue weighted by Crippen LogP contribution is 2.27. The van der Waals surface area contributed by atoms with Crippen LogP contribution in [-0.4, -0.2) is 13.1 Å². The molecule has 3 N–H and O–H groups in total. The van der Waals surface area contributed by atoms with Crippen molar-refractivity contribution < 1.29 is 18.3 Å². The van der Waals surface area contributed by atoms with Crippen LogP contribution in [0.2, 0.25) is 0 Å². The molecule has 0 saturated heterocycles. The molecule has 0 aliphatic rings. The van der Waals surface area contributed by atoms with Crippen molar-refractivity contribution >= 4 is 23.0 Å². The molecular weight excluding hydrogens is 278 g/mol. The van der Waals surface area contributed by atoms with E-state index in [9.17, 15) is 13.6 Å². The van der Waals surface area contributed by atoms with Crippen molar-refractivity contribution in [2.45, 2.75) is 6.92 Å². The van der Waals surface area contributed by atoms with Gasteiger partial charge < -0.3 is 15.8 Å². The summed E-state index contributed by atoms with van der Waals surface area (Å²) in [5, 5.41) is 2.68. The second kappa shape index (κ2) is 5.78. The van der Waals surface area contributed by atoms with Gasteiger partial charge in [-0.25, -0.2) is 13.6 Å². The van der Waals surface area contributed by atoms with Crippen molar-refractivity contribution in [2.24, 2.45) is 0 Å². The van der Waals surface area contributed by atoms with Gasteiger partial charge in [-0.2, -0.15) is 0 Å². The van der Waals surface area contributed by atoms with Crippen LogP contribution in [0.3, 0.4) is 0 Å². The third-order valence-corrected chi connectivity index (χ3v) is 2.99. The molecule has 6 heteroatoms. The van der Waals surface area contributed by atoms with Gasteiger partial charge in [0.15, 0.2) is 0 Å². The molecule has 2 aromatic carbocycles. The smallest absolute Gasteiger partial charge is 0.337 e. The Morgan fingerprint density at radius 1 is 1.14 bits per heavy atom. The number of methoxy groups -OCH3 is 1. The van der Waals surface area contributed by atoms with E-state index in [4.69, 9.17) is 5.73 Å². The average Bonchev–Trinajstić information content (AvgIpc) is 2.46. The second-order valence-corrected chi connectivity index (χ2v) is 4.50. The molecule has 0 radical (unpaired) electrons. The van der Waals surface area contributed by atoms with Crippen LogP contribution in [0.4, 0.5) is 25.8 Å². The highest BCUT2D eigenvalue weighted by molar-refractivity contribution is 5.92. The summed E-state index contributed by atoms with van der Waals surface area (Å²) in [5.74, 6) is -1.70. The molecule has 4 nitrogen and oxygen atoms in total. The fraction of sp³-hybridized carbons (Fsp3) is 0.133. The summed E-state index contributed by atoms with van der Waals surface area (Å²) in [6.45, 7) is 1.47. The van der Waals surface area contributed by atoms with E-state index in [2.05, 4.69) is 10.1 Å². The Morgan fingerprint density at radius 3 is 2.52 bits per heavy atom. The van der Waals surface area contributed by atoms with Crippen LogP contribution in [0.5, 0.6) is 0 Å². The van der Waals surface area contributed by atoms with Gasteiger partial charge in [-0.3, -0.25) is 0 Å². The number of anilines is 3. The predicted octanol–water partition coefficient (Wildman–Crippen LogP) is 3.39. The van der Waals surface area contributed by atoms with E-state index in [0.29, 0.717) is 11.4 Å². The minimum absolute atomic E-state index is 0.0631. The van der Waals surface area contributed by atoms with Gasteiger partial charge >= 0.3 is 5.97 Å². The SMILES string of the molecule is COC(=O)c1ccc(N)c(Nc2cc(F)c(C)cc2F)c1. The lowest BCUT2D eigenvalue weighted by Crippen LogP contribution is -2.05. The van der Waals surface area contributed by atoms with E-state index in [1.165, 1.54) is 32.2 Å². The van der Waals surface area contributed by atoms with Crippen LogP contribution >= 0.6 is 0 Å². The van der Waals surface area contributed by atoms with Crippen LogP contribution in [0.15, 0.2) is 30.3 Å². The number of nitrogens with two attached hydrogens (primary N) is 1. The molecule has 110 valence electrons. The van der Waals surface area contributed by atoms with Gasteiger partial charge in [-0.05, 0) is 36.8 Å². The fourth-order valence-electron chi connectivity index (χ4n) is 1.80. The van der Waals surface area contributed by atoms with Crippen molar-refractivity contribution in [3.63, 3.8) is 0 Å². The van der Waals surface area contributed by atoms with E-state index < -0.39 is 17.6 Å². The molecule has 0 fully saturated rings. The summed E-state index contributed by atoms with van der Waals surface area (Å²) >= 11 is 0. The molecule has 0 atom stereocenters. The summed E-state index contributed by atoms with van der Waals surface area (Å²) in [6, 6.07) is 6.50. The Balaban J connectivity index is 2.39. The van der Waals surface area contributed by atoms with Gasteiger partial charge in [0, 0.05) is 6.07 Å². The number of esters is 1. The van der Waals surface area contributed by atoms with Crippen LogP contribution in [0, 0.1) is 18.6 Å². The van der Waals surface area contributed by atoms with Crippen LogP contribution < -0.4 is 11.1 Å². The third-order valence-electron chi connectivity index (χ3n) is 2.99. The monoisotopic (exact) mass is 292 g/mol. The summed E-state index contributed by atoms with van der Waals surface area (Å²) in [7, 11) is 1.25. The first-order valence-electron chi connectivity index (χ1n) is 6.13. The summed E-state index contributed by atoms with van der Waals surface area (Å²) in [4.78, 5) is 11.5. The Bertz CT molecular complexity index is 702. The van der Waals surface area contributed by atoms with E-state index in [1.54, 1.807) is 0 Å². The number of nitrogens with one attached hydrogen (secondary N) is 1. The number of ether oxygens (including phenoxy) is 1. The van der Waals surface area contributed by atoms with Gasteiger partial charge in [0.05, 0.1) is 29.7 Å². The normalized spacial score (nSPS) is 10.3. The third kappa shape index (κ3) is 3.10. The minimum atomic E-state index is -0.614. The number of nitrogen functional groups attached to an aromatic ring is 1. The van der Waals surface area contributed by atoms with E-state index >= 15 is 0 Å². The molecule has 2 rings (SSSR count). The van der Waals surface area contributed by atoms with Gasteiger partial charge in [0.1, 0.15) is 11.6 Å². The Hall–Kier alpha value is -2.63. The first-order chi connectivity index (χ1) is 9.92. The maximum atomic E-state index is 13.8. The summed E-state index contributed by atoms with van der Waals surface area (Å²) < 4.78 is 31.9. The van der Waals surface area contributed by atoms with Crippen LogP contribution in [-0.2, 0) is 4.74 Å². The summed E-state index contributed by atoms with van der Waals surface area (Å²) in [6.07, 6.45) is 0. The highest BCUT2D eigenvalue weighted by atomic mass is 19.1. The molecule has 0 saturated carbocycles. The standard InChI is InChI=1S/C15H14F2N2O2/c1-8-5-11(17)13(7-10(8)16)19-14-6-9(15(20)21-2)3-4-12(14)18/h3-7,19H,18H2,1-2H3. The maximum absolute atomic E-state index is 13.8. The number of hydrogen-bond donors (Lipinski definition) is 2. The molecular formula is C15H14F2N2O2. The lowest BCUT2D eigenvalue weighted by molar-refractivity contribution is 0.0601. The molecule has 0 aromatic heterocycles. The number of carbonyl (C=O) groups excluding carboxylic acids is 1. The number of benzene rings is 2. The highest BCUT2D eigenvalue weighted by Gasteiger charge is 2.12. The fourth-order valence-corrected chi connectivity index (χ4v) is 1.80. The molecule has 0 aliphatic heterocycles. The molecule has 0 amide bonds. The van der Waals surface area contributed by atoms with Crippen molar-refractivity contribution in [1.29, 1.82) is 0 Å². The molecule has 2 aromatic rings. The Kier molecular flexibility index (Phi) is 4.07. The van der Waals surface area contributed by atoms with Gasteiger partial charge in [0.25, 0.3) is 0 Å². The van der Waals surface area contributed by atoms with Gasteiger partial charge in [-0.1, -0.05) is 0 Å². The number of rotatable bonds is 3. The van der Waals surface area contributed by atoms with Crippen molar-refractivity contribution in [1.82, 2.24) is 0 Å². The van der Waals surface area contributed by atoms with Crippen LogP contribution in [0.25, 0.3) is 0 Å². The molecule has 0 aliphatic carbocycles. The molecule has 0 spiro atoms. The Morgan fingerprint density at radius 2 is 1.86 bits per heavy atom. The topological polar surface area (TPSA) is 64.3 Å². The molecule has 0 heterocycles. The van der Waals surface area contributed by atoms with Crippen LogP contribution in [0.1, 0.15) is 15.9 Å². The average molecular weight is 292 g/mol. The van der Waals surface area contributed by atoms with Crippen molar-refractivity contribution in [3.8, 4) is 0 Å². The Labute approximate surface area is 120 Å². The lowest BCUT2D eigenvalue weighted by atomic mass is 10.1. The minimum Gasteiger partial charge on any atom is -0.465 e. The largest absolute Gasteiger partial charge is 0.465 e. The second-order valence-electron chi connectivity index (χ2n) is 4.50. The van der Waals surface area contributed by atoms with Gasteiger partial charge in [0.2, 0.25) is 0 Å². The van der Waals surface area contributed by atoms with Gasteiger partial charge in [-0.15, -0.1) is 0 Å². The quantitative estimate of drug-likeness (QED) is 0.672. The number of carbonyl (C=O) groups is 1. The first kappa shape index (κ1) is 14.8. The van der Waals surface area contributed by atoms with E-state index in [1.807, 2.05) is 0 Å². The van der Waals surface area contributed by atoms with Crippen molar-refractivity contribution in [3.05, 3.63) is 53.1 Å². The maximum Gasteiger partial charge on any atom is 0.337 e.